The van der Waals surface area contributed by atoms with E-state index in [-0.39, 0.29) is 5.56 Å². The first kappa shape index (κ1) is 21.1. The molecule has 1 aliphatic rings. The molecule has 0 saturated heterocycles. The van der Waals surface area contributed by atoms with Crippen LogP contribution in [0.15, 0.2) is 59.4 Å². The Bertz CT molecular complexity index is 1090. The number of fused-ring (bicyclic) bond motifs is 1. The maximum atomic E-state index is 13.6. The minimum absolute atomic E-state index is 0.0349. The van der Waals surface area contributed by atoms with Crippen LogP contribution < -0.4 is 15.2 Å². The molecular weight excluding hydrogens is 388 g/mol. The van der Waals surface area contributed by atoms with Crippen molar-refractivity contribution in [3.05, 3.63) is 81.8 Å². The average Bonchev–Trinajstić information content (AvgIpc) is 2.77. The van der Waals surface area contributed by atoms with Crippen LogP contribution in [0.1, 0.15) is 37.6 Å². The van der Waals surface area contributed by atoms with Gasteiger partial charge in [0.1, 0.15) is 5.75 Å². The molecule has 2 heterocycles. The van der Waals surface area contributed by atoms with Crippen molar-refractivity contribution in [2.75, 3.05) is 18.2 Å². The van der Waals surface area contributed by atoms with Gasteiger partial charge >= 0.3 is 0 Å². The van der Waals surface area contributed by atoms with Crippen LogP contribution >= 0.6 is 0 Å². The van der Waals surface area contributed by atoms with Crippen LogP contribution in [0.3, 0.4) is 0 Å². The zero-order valence-corrected chi connectivity index (χ0v) is 18.7. The van der Waals surface area contributed by atoms with Crippen molar-refractivity contribution in [3.8, 4) is 5.75 Å². The highest BCUT2D eigenvalue weighted by Gasteiger charge is 2.29. The molecule has 0 fully saturated rings. The number of rotatable bonds is 6. The van der Waals surface area contributed by atoms with E-state index in [9.17, 15) is 4.79 Å². The number of hydrogen-bond donors (Lipinski definition) is 0. The summed E-state index contributed by atoms with van der Waals surface area (Å²) in [5, 5.41) is 0. The molecule has 6 nitrogen and oxygen atoms in total. The molecule has 31 heavy (non-hydrogen) atoms. The number of aryl methyl sites for hydroxylation is 1. The van der Waals surface area contributed by atoms with Crippen molar-refractivity contribution < 1.29 is 4.74 Å². The molecule has 0 amide bonds. The van der Waals surface area contributed by atoms with E-state index < -0.39 is 0 Å². The fraction of sp³-hybridized carbons (Fsp3) is 0.360. The summed E-state index contributed by atoms with van der Waals surface area (Å²) in [5.74, 6) is 1.53. The van der Waals surface area contributed by atoms with Crippen molar-refractivity contribution in [2.45, 2.75) is 46.8 Å². The summed E-state index contributed by atoms with van der Waals surface area (Å²) >= 11 is 0. The molecule has 1 aliphatic heterocycles. The number of anilines is 2. The SMILES string of the molecule is CCOc1ccc(N2CN(C(C)C)Cn3c2nc(C)c(Cc2ccccc2)c3=O)cc1. The van der Waals surface area contributed by atoms with Gasteiger partial charge in [-0.2, -0.15) is 0 Å². The predicted molar refractivity (Wildman–Crippen MR) is 124 cm³/mol. The fourth-order valence-corrected chi connectivity index (χ4v) is 3.91. The van der Waals surface area contributed by atoms with E-state index in [4.69, 9.17) is 9.72 Å². The van der Waals surface area contributed by atoms with Crippen molar-refractivity contribution in [3.63, 3.8) is 0 Å². The lowest BCUT2D eigenvalue weighted by Crippen LogP contribution is -2.50. The summed E-state index contributed by atoms with van der Waals surface area (Å²) in [6.45, 7) is 10.1. The van der Waals surface area contributed by atoms with E-state index in [2.05, 4.69) is 35.8 Å². The summed E-state index contributed by atoms with van der Waals surface area (Å²) < 4.78 is 7.40. The largest absolute Gasteiger partial charge is 0.494 e. The van der Waals surface area contributed by atoms with Gasteiger partial charge in [0.05, 0.1) is 25.6 Å². The van der Waals surface area contributed by atoms with Crippen molar-refractivity contribution in [2.24, 2.45) is 0 Å². The highest BCUT2D eigenvalue weighted by atomic mass is 16.5. The lowest BCUT2D eigenvalue weighted by atomic mass is 10.1. The number of aromatic nitrogens is 2. The van der Waals surface area contributed by atoms with Gasteiger partial charge in [-0.05, 0) is 57.5 Å². The van der Waals surface area contributed by atoms with Gasteiger partial charge in [0, 0.05) is 23.7 Å². The molecule has 3 aromatic rings. The minimum Gasteiger partial charge on any atom is -0.494 e. The Hall–Kier alpha value is -3.12. The molecule has 6 heteroatoms. The highest BCUT2D eigenvalue weighted by Crippen LogP contribution is 2.30. The van der Waals surface area contributed by atoms with Crippen LogP contribution in [0, 0.1) is 6.92 Å². The number of ether oxygens (including phenoxy) is 1. The zero-order valence-electron chi connectivity index (χ0n) is 18.7. The Kier molecular flexibility index (Phi) is 6.09. The standard InChI is InChI=1S/C25H30N4O2/c1-5-31-22-13-11-21(12-14-22)28-16-27(18(2)3)17-29-24(30)23(19(4)26-25(28)29)15-20-9-7-6-8-10-20/h6-14,18H,5,15-17H2,1-4H3. The van der Waals surface area contributed by atoms with Gasteiger partial charge in [0.15, 0.2) is 0 Å². The van der Waals surface area contributed by atoms with E-state index in [1.54, 1.807) is 0 Å². The van der Waals surface area contributed by atoms with Gasteiger partial charge in [-0.3, -0.25) is 19.2 Å². The van der Waals surface area contributed by atoms with E-state index >= 15 is 0 Å². The minimum atomic E-state index is 0.0349. The van der Waals surface area contributed by atoms with Crippen molar-refractivity contribution in [1.82, 2.24) is 14.5 Å². The van der Waals surface area contributed by atoms with Crippen LogP contribution in [0.25, 0.3) is 0 Å². The molecule has 4 rings (SSSR count). The first-order valence-corrected chi connectivity index (χ1v) is 10.9. The summed E-state index contributed by atoms with van der Waals surface area (Å²) in [6.07, 6.45) is 0.587. The quantitative estimate of drug-likeness (QED) is 0.597. The first-order chi connectivity index (χ1) is 15.0. The van der Waals surface area contributed by atoms with Crippen LogP contribution in [0.5, 0.6) is 5.75 Å². The average molecular weight is 419 g/mol. The van der Waals surface area contributed by atoms with E-state index in [1.165, 1.54) is 0 Å². The second kappa shape index (κ2) is 8.94. The third-order valence-corrected chi connectivity index (χ3v) is 5.75. The normalized spacial score (nSPS) is 14.0. The smallest absolute Gasteiger partial charge is 0.259 e. The third-order valence-electron chi connectivity index (χ3n) is 5.75. The number of hydrogen-bond acceptors (Lipinski definition) is 5. The van der Waals surface area contributed by atoms with Crippen molar-refractivity contribution >= 4 is 11.6 Å². The van der Waals surface area contributed by atoms with Crippen LogP contribution in [0.2, 0.25) is 0 Å². The Morgan fingerprint density at radius 2 is 1.74 bits per heavy atom. The lowest BCUT2D eigenvalue weighted by molar-refractivity contribution is 0.156. The van der Waals surface area contributed by atoms with Gasteiger partial charge < -0.3 is 4.74 Å². The maximum absolute atomic E-state index is 13.6. The van der Waals surface area contributed by atoms with Crippen LogP contribution in [-0.4, -0.2) is 33.8 Å². The van der Waals surface area contributed by atoms with Gasteiger partial charge in [-0.25, -0.2) is 4.98 Å². The second-order valence-electron chi connectivity index (χ2n) is 8.19. The van der Waals surface area contributed by atoms with E-state index in [1.807, 2.05) is 60.9 Å². The third kappa shape index (κ3) is 4.35. The van der Waals surface area contributed by atoms with Crippen LogP contribution in [0.4, 0.5) is 11.6 Å². The molecule has 2 aromatic carbocycles. The maximum Gasteiger partial charge on any atom is 0.259 e. The molecule has 0 aliphatic carbocycles. The van der Waals surface area contributed by atoms with E-state index in [0.717, 1.165) is 28.3 Å². The molecule has 0 radical (unpaired) electrons. The number of benzene rings is 2. The van der Waals surface area contributed by atoms with Gasteiger partial charge in [-0.1, -0.05) is 30.3 Å². The summed E-state index contributed by atoms with van der Waals surface area (Å²) in [4.78, 5) is 22.9. The molecule has 162 valence electrons. The zero-order chi connectivity index (χ0) is 22.0. The monoisotopic (exact) mass is 418 g/mol. The molecule has 0 bridgehead atoms. The lowest BCUT2D eigenvalue weighted by Gasteiger charge is -2.40. The summed E-state index contributed by atoms with van der Waals surface area (Å²) in [5.41, 5.74) is 3.68. The first-order valence-electron chi connectivity index (χ1n) is 10.9. The molecule has 0 spiro atoms. The Morgan fingerprint density at radius 3 is 2.39 bits per heavy atom. The Morgan fingerprint density at radius 1 is 1.03 bits per heavy atom. The highest BCUT2D eigenvalue weighted by molar-refractivity contribution is 5.59. The van der Waals surface area contributed by atoms with Crippen molar-refractivity contribution in [1.29, 1.82) is 0 Å². The van der Waals surface area contributed by atoms with E-state index in [0.29, 0.717) is 38.4 Å². The van der Waals surface area contributed by atoms with Gasteiger partial charge in [0.2, 0.25) is 5.95 Å². The second-order valence-corrected chi connectivity index (χ2v) is 8.19. The van der Waals surface area contributed by atoms with Crippen LogP contribution in [-0.2, 0) is 13.1 Å². The number of nitrogens with zero attached hydrogens (tertiary/aromatic N) is 4. The Labute approximate surface area is 183 Å². The molecule has 0 unspecified atom stereocenters. The molecule has 0 atom stereocenters. The van der Waals surface area contributed by atoms with Gasteiger partial charge in [-0.15, -0.1) is 0 Å². The summed E-state index contributed by atoms with van der Waals surface area (Å²) in [7, 11) is 0. The molecular formula is C25H30N4O2. The molecule has 0 saturated carbocycles. The topological polar surface area (TPSA) is 50.6 Å². The van der Waals surface area contributed by atoms with Gasteiger partial charge in [0.25, 0.3) is 5.56 Å². The Balaban J connectivity index is 1.77. The summed E-state index contributed by atoms with van der Waals surface area (Å²) in [6, 6.07) is 18.4. The molecule has 1 aromatic heterocycles. The fourth-order valence-electron chi connectivity index (χ4n) is 3.91. The molecule has 0 N–H and O–H groups in total. The predicted octanol–water partition coefficient (Wildman–Crippen LogP) is 4.32.